The van der Waals surface area contributed by atoms with E-state index in [1.165, 1.54) is 0 Å². The van der Waals surface area contributed by atoms with Gasteiger partial charge in [-0.2, -0.15) is 0 Å². The first-order valence-corrected chi connectivity index (χ1v) is 4.16. The maximum atomic E-state index is 5.84. The summed E-state index contributed by atoms with van der Waals surface area (Å²) in [6.07, 6.45) is 3.45. The van der Waals surface area contributed by atoms with Crippen LogP contribution in [-0.4, -0.2) is 0 Å². The molecule has 1 aromatic heterocycles. The Balaban J connectivity index is 2.59. The van der Waals surface area contributed by atoms with Gasteiger partial charge >= 0.3 is 0 Å². The van der Waals surface area contributed by atoms with E-state index in [0.717, 1.165) is 22.4 Å². The lowest BCUT2D eigenvalue weighted by molar-refractivity contribution is 0.566. The van der Waals surface area contributed by atoms with E-state index in [-0.39, 0.29) is 0 Å². The fourth-order valence-corrected chi connectivity index (χ4v) is 1.38. The molecule has 0 unspecified atom stereocenters. The van der Waals surface area contributed by atoms with Crippen LogP contribution in [0.2, 0.25) is 0 Å². The van der Waals surface area contributed by atoms with E-state index >= 15 is 0 Å². The van der Waals surface area contributed by atoms with Crippen LogP contribution in [0.4, 0.5) is 5.69 Å². The van der Waals surface area contributed by atoms with Gasteiger partial charge in [0.1, 0.15) is 0 Å². The summed E-state index contributed by atoms with van der Waals surface area (Å²) in [4.78, 5) is 0. The largest absolute Gasteiger partial charge is 0.472 e. The molecule has 0 aliphatic heterocycles. The van der Waals surface area contributed by atoms with Crippen LogP contribution in [-0.2, 0) is 0 Å². The van der Waals surface area contributed by atoms with Crippen molar-refractivity contribution in [2.45, 2.75) is 6.92 Å². The molecular weight excluding hydrogens is 162 g/mol. The molecule has 66 valence electrons. The molecular formula is C11H11NO. The zero-order chi connectivity index (χ0) is 9.26. The molecule has 2 N–H and O–H groups in total. The van der Waals surface area contributed by atoms with Crippen molar-refractivity contribution in [3.8, 4) is 11.1 Å². The van der Waals surface area contributed by atoms with Crippen LogP contribution in [0.5, 0.6) is 0 Å². The predicted octanol–water partition coefficient (Wildman–Crippen LogP) is 2.84. The number of benzene rings is 1. The third kappa shape index (κ3) is 1.31. The molecule has 2 nitrogen and oxygen atoms in total. The summed E-state index contributed by atoms with van der Waals surface area (Å²) >= 11 is 0. The fraction of sp³-hybridized carbons (Fsp3) is 0.0909. The highest BCUT2D eigenvalue weighted by Crippen LogP contribution is 2.28. The van der Waals surface area contributed by atoms with E-state index in [4.69, 9.17) is 10.2 Å². The Morgan fingerprint density at radius 3 is 2.46 bits per heavy atom. The van der Waals surface area contributed by atoms with Crippen molar-refractivity contribution in [2.75, 3.05) is 5.73 Å². The first kappa shape index (κ1) is 7.92. The highest BCUT2D eigenvalue weighted by molar-refractivity contribution is 5.77. The Morgan fingerprint density at radius 1 is 1.08 bits per heavy atom. The van der Waals surface area contributed by atoms with Gasteiger partial charge in [-0.15, -0.1) is 0 Å². The minimum atomic E-state index is 0.784. The van der Waals surface area contributed by atoms with Gasteiger partial charge in [0.15, 0.2) is 0 Å². The van der Waals surface area contributed by atoms with Crippen molar-refractivity contribution in [3.63, 3.8) is 0 Å². The van der Waals surface area contributed by atoms with Gasteiger partial charge in [0.2, 0.25) is 0 Å². The molecule has 0 amide bonds. The Kier molecular flexibility index (Phi) is 1.81. The molecule has 0 aliphatic carbocycles. The third-order valence-electron chi connectivity index (χ3n) is 2.11. The van der Waals surface area contributed by atoms with E-state index in [1.54, 1.807) is 12.5 Å². The lowest BCUT2D eigenvalue weighted by Gasteiger charge is -2.02. The van der Waals surface area contributed by atoms with Crippen molar-refractivity contribution in [3.05, 3.63) is 42.4 Å². The number of furan rings is 1. The van der Waals surface area contributed by atoms with Crippen LogP contribution < -0.4 is 5.73 Å². The van der Waals surface area contributed by atoms with Crippen molar-refractivity contribution in [2.24, 2.45) is 0 Å². The van der Waals surface area contributed by atoms with Crippen molar-refractivity contribution in [1.29, 1.82) is 0 Å². The molecule has 2 heteroatoms. The molecule has 0 saturated heterocycles. The molecule has 0 bridgehead atoms. The summed E-state index contributed by atoms with van der Waals surface area (Å²) in [5.74, 6) is 0. The van der Waals surface area contributed by atoms with Crippen molar-refractivity contribution >= 4 is 5.69 Å². The maximum absolute atomic E-state index is 5.84. The number of hydrogen-bond donors (Lipinski definition) is 1. The number of anilines is 1. The lowest BCUT2D eigenvalue weighted by atomic mass is 10.0. The first-order valence-electron chi connectivity index (χ1n) is 4.16. The summed E-state index contributed by atoms with van der Waals surface area (Å²) in [5, 5.41) is 0. The monoisotopic (exact) mass is 173 g/mol. The molecule has 2 rings (SSSR count). The van der Waals surface area contributed by atoms with Crippen molar-refractivity contribution in [1.82, 2.24) is 0 Å². The summed E-state index contributed by atoms with van der Waals surface area (Å²) in [6.45, 7) is 2.01. The van der Waals surface area contributed by atoms with Gasteiger partial charge in [-0.3, -0.25) is 0 Å². The number of hydrogen-bond acceptors (Lipinski definition) is 2. The average molecular weight is 173 g/mol. The van der Waals surface area contributed by atoms with Gasteiger partial charge in [0.05, 0.1) is 12.5 Å². The zero-order valence-electron chi connectivity index (χ0n) is 7.45. The van der Waals surface area contributed by atoms with Gasteiger partial charge in [0.25, 0.3) is 0 Å². The Morgan fingerprint density at radius 2 is 1.85 bits per heavy atom. The average Bonchev–Trinajstić information content (AvgIpc) is 2.52. The van der Waals surface area contributed by atoms with E-state index in [1.807, 2.05) is 31.2 Å². The molecule has 0 aliphatic rings. The van der Waals surface area contributed by atoms with Gasteiger partial charge < -0.3 is 10.2 Å². The molecule has 0 atom stereocenters. The smallest absolute Gasteiger partial charge is 0.0984 e. The quantitative estimate of drug-likeness (QED) is 0.673. The molecule has 1 aromatic carbocycles. The van der Waals surface area contributed by atoms with Gasteiger partial charge in [0, 0.05) is 16.8 Å². The number of rotatable bonds is 1. The highest BCUT2D eigenvalue weighted by Gasteiger charge is 2.05. The van der Waals surface area contributed by atoms with Crippen LogP contribution in [0.3, 0.4) is 0 Å². The molecule has 2 aromatic rings. The molecule has 0 fully saturated rings. The normalized spacial score (nSPS) is 10.2. The van der Waals surface area contributed by atoms with Crippen molar-refractivity contribution < 1.29 is 4.42 Å². The molecule has 0 saturated carbocycles. The van der Waals surface area contributed by atoms with Crippen LogP contribution in [0.1, 0.15) is 5.56 Å². The fourth-order valence-electron chi connectivity index (χ4n) is 1.38. The Hall–Kier alpha value is -1.70. The third-order valence-corrected chi connectivity index (χ3v) is 2.11. The Labute approximate surface area is 77.0 Å². The molecule has 1 heterocycles. The molecule has 0 radical (unpaired) electrons. The zero-order valence-corrected chi connectivity index (χ0v) is 7.45. The second-order valence-electron chi connectivity index (χ2n) is 3.06. The van der Waals surface area contributed by atoms with Crippen LogP contribution in [0.25, 0.3) is 11.1 Å². The second-order valence-corrected chi connectivity index (χ2v) is 3.06. The minimum absolute atomic E-state index is 0.784. The van der Waals surface area contributed by atoms with E-state index in [9.17, 15) is 0 Å². The van der Waals surface area contributed by atoms with Crippen LogP contribution >= 0.6 is 0 Å². The SMILES string of the molecule is Cc1cocc1-c1ccccc1N. The first-order chi connectivity index (χ1) is 6.29. The topological polar surface area (TPSA) is 39.2 Å². The van der Waals surface area contributed by atoms with Crippen LogP contribution in [0, 0.1) is 6.92 Å². The summed E-state index contributed by atoms with van der Waals surface area (Å²) < 4.78 is 5.10. The van der Waals surface area contributed by atoms with E-state index < -0.39 is 0 Å². The summed E-state index contributed by atoms with van der Waals surface area (Å²) in [6, 6.07) is 7.78. The Bertz CT molecular complexity index is 418. The van der Waals surface area contributed by atoms with E-state index in [2.05, 4.69) is 0 Å². The van der Waals surface area contributed by atoms with Gasteiger partial charge in [-0.25, -0.2) is 0 Å². The number of aryl methyl sites for hydroxylation is 1. The lowest BCUT2D eigenvalue weighted by Crippen LogP contribution is -1.88. The summed E-state index contributed by atoms with van der Waals surface area (Å²) in [7, 11) is 0. The predicted molar refractivity (Wildman–Crippen MR) is 53.3 cm³/mol. The highest BCUT2D eigenvalue weighted by atomic mass is 16.3. The molecule has 13 heavy (non-hydrogen) atoms. The van der Waals surface area contributed by atoms with Gasteiger partial charge in [-0.05, 0) is 18.6 Å². The van der Waals surface area contributed by atoms with Gasteiger partial charge in [-0.1, -0.05) is 18.2 Å². The van der Waals surface area contributed by atoms with Crippen LogP contribution in [0.15, 0.2) is 41.2 Å². The second kappa shape index (κ2) is 2.98. The number of nitrogens with two attached hydrogens (primary N) is 1. The number of para-hydroxylation sites is 1. The minimum Gasteiger partial charge on any atom is -0.472 e. The standard InChI is InChI=1S/C11H11NO/c1-8-6-13-7-10(8)9-4-2-3-5-11(9)12/h2-7H,12H2,1H3. The maximum Gasteiger partial charge on any atom is 0.0984 e. The van der Waals surface area contributed by atoms with E-state index in [0.29, 0.717) is 0 Å². The molecule has 0 spiro atoms. The summed E-state index contributed by atoms with van der Waals surface area (Å²) in [5.41, 5.74) is 9.84. The number of nitrogen functional groups attached to an aromatic ring is 1.